The first-order chi connectivity index (χ1) is 9.03. The number of rotatable bonds is 7. The Hall–Kier alpha value is -1.30. The van der Waals surface area contributed by atoms with E-state index in [2.05, 4.69) is 4.90 Å². The highest BCUT2D eigenvalue weighted by Gasteiger charge is 2.38. The molecule has 0 aliphatic carbocycles. The topological polar surface area (TPSA) is 57.0 Å². The van der Waals surface area contributed by atoms with E-state index in [1.165, 1.54) is 0 Å². The number of nitrogens with zero attached hydrogens (tertiary/aromatic N) is 1. The average Bonchev–Trinajstić information content (AvgIpc) is 2.47. The number of anilines is 1. The van der Waals surface area contributed by atoms with Crippen LogP contribution >= 0.6 is 0 Å². The Labute approximate surface area is 115 Å². The summed E-state index contributed by atoms with van der Waals surface area (Å²) in [6.07, 6.45) is -0.412. The van der Waals surface area contributed by atoms with Gasteiger partial charge in [0.1, 0.15) is 5.75 Å². The Balaban J connectivity index is 3.02. The van der Waals surface area contributed by atoms with Crippen LogP contribution in [0.3, 0.4) is 0 Å². The van der Waals surface area contributed by atoms with Crippen molar-refractivity contribution in [3.05, 3.63) is 24.3 Å². The molecule has 1 rings (SSSR count). The van der Waals surface area contributed by atoms with Gasteiger partial charge in [0.15, 0.2) is 6.29 Å². The van der Waals surface area contributed by atoms with Gasteiger partial charge < -0.3 is 24.8 Å². The van der Waals surface area contributed by atoms with Crippen LogP contribution in [0.15, 0.2) is 24.3 Å². The Bertz CT molecular complexity index is 379. The van der Waals surface area contributed by atoms with Crippen molar-refractivity contribution in [2.75, 3.05) is 39.8 Å². The second kappa shape index (κ2) is 6.75. The lowest BCUT2D eigenvalue weighted by Gasteiger charge is -2.43. The van der Waals surface area contributed by atoms with E-state index < -0.39 is 11.8 Å². The zero-order valence-electron chi connectivity index (χ0n) is 12.3. The maximum absolute atomic E-state index is 5.93. The summed E-state index contributed by atoms with van der Waals surface area (Å²) in [7, 11) is 6.85. The summed E-state index contributed by atoms with van der Waals surface area (Å²) in [4.78, 5) is 2.06. The number of methoxy groups -OCH3 is 3. The average molecular weight is 268 g/mol. The van der Waals surface area contributed by atoms with Crippen molar-refractivity contribution in [1.82, 2.24) is 0 Å². The zero-order chi connectivity index (χ0) is 14.5. The monoisotopic (exact) mass is 268 g/mol. The van der Waals surface area contributed by atoms with Gasteiger partial charge in [0.05, 0.1) is 12.6 Å². The van der Waals surface area contributed by atoms with E-state index >= 15 is 0 Å². The van der Waals surface area contributed by atoms with Crippen LogP contribution in [0.2, 0.25) is 0 Å². The third-order valence-corrected chi connectivity index (χ3v) is 3.58. The molecule has 0 spiro atoms. The van der Waals surface area contributed by atoms with E-state index in [4.69, 9.17) is 19.9 Å². The maximum atomic E-state index is 5.93. The molecule has 0 saturated carbocycles. The standard InChI is InChI=1S/C14H24N2O3/c1-14(10-15,13(18-4)19-5)16(2)11-6-8-12(17-3)9-7-11/h6-9,13H,10,15H2,1-5H3. The first-order valence-corrected chi connectivity index (χ1v) is 6.17. The number of likely N-dealkylation sites (N-methyl/N-ethyl adjacent to an activating group) is 1. The van der Waals surface area contributed by atoms with Crippen molar-refractivity contribution in [2.45, 2.75) is 18.8 Å². The van der Waals surface area contributed by atoms with Gasteiger partial charge in [-0.25, -0.2) is 0 Å². The zero-order valence-corrected chi connectivity index (χ0v) is 12.3. The summed E-state index contributed by atoms with van der Waals surface area (Å²) in [6, 6.07) is 7.79. The molecular weight excluding hydrogens is 244 g/mol. The van der Waals surface area contributed by atoms with Crippen molar-refractivity contribution in [3.8, 4) is 5.75 Å². The molecule has 0 bridgehead atoms. The van der Waals surface area contributed by atoms with Gasteiger partial charge in [0.25, 0.3) is 0 Å². The largest absolute Gasteiger partial charge is 0.497 e. The highest BCUT2D eigenvalue weighted by molar-refractivity contribution is 5.51. The fourth-order valence-electron chi connectivity index (χ4n) is 2.10. The fourth-order valence-corrected chi connectivity index (χ4v) is 2.10. The van der Waals surface area contributed by atoms with Crippen molar-refractivity contribution in [1.29, 1.82) is 0 Å². The summed E-state index contributed by atoms with van der Waals surface area (Å²) < 4.78 is 15.9. The van der Waals surface area contributed by atoms with Crippen LogP contribution in [0, 0.1) is 0 Å². The molecular formula is C14H24N2O3. The lowest BCUT2D eigenvalue weighted by Crippen LogP contribution is -2.59. The molecule has 1 aromatic carbocycles. The molecule has 0 heterocycles. The highest BCUT2D eigenvalue weighted by atomic mass is 16.7. The molecule has 1 atom stereocenters. The normalized spacial score (nSPS) is 14.3. The predicted octanol–water partition coefficient (Wildman–Crippen LogP) is 1.47. The quantitative estimate of drug-likeness (QED) is 0.759. The van der Waals surface area contributed by atoms with Gasteiger partial charge in [-0.05, 0) is 31.2 Å². The van der Waals surface area contributed by atoms with Crippen LogP contribution in [0.25, 0.3) is 0 Å². The van der Waals surface area contributed by atoms with Gasteiger partial charge in [-0.3, -0.25) is 0 Å². The van der Waals surface area contributed by atoms with E-state index in [0.29, 0.717) is 6.54 Å². The minimum absolute atomic E-state index is 0.405. The summed E-state index contributed by atoms with van der Waals surface area (Å²) in [5.74, 6) is 0.821. The molecule has 0 amide bonds. The molecule has 0 aliphatic heterocycles. The minimum Gasteiger partial charge on any atom is -0.497 e. The summed E-state index contributed by atoms with van der Waals surface area (Å²) >= 11 is 0. The van der Waals surface area contributed by atoms with Crippen LogP contribution in [0.4, 0.5) is 5.69 Å². The van der Waals surface area contributed by atoms with Gasteiger partial charge in [-0.15, -0.1) is 0 Å². The molecule has 0 aromatic heterocycles. The van der Waals surface area contributed by atoms with Gasteiger partial charge in [0, 0.05) is 33.5 Å². The molecule has 0 saturated heterocycles. The van der Waals surface area contributed by atoms with E-state index in [9.17, 15) is 0 Å². The predicted molar refractivity (Wildman–Crippen MR) is 76.7 cm³/mol. The minimum atomic E-state index is -0.460. The molecule has 2 N–H and O–H groups in total. The second-order valence-electron chi connectivity index (χ2n) is 4.62. The van der Waals surface area contributed by atoms with Crippen molar-refractivity contribution in [2.24, 2.45) is 5.73 Å². The van der Waals surface area contributed by atoms with E-state index in [0.717, 1.165) is 11.4 Å². The Morgan fingerprint density at radius 3 is 2.05 bits per heavy atom. The molecule has 0 radical (unpaired) electrons. The molecule has 5 heteroatoms. The number of hydrogen-bond donors (Lipinski definition) is 1. The molecule has 19 heavy (non-hydrogen) atoms. The molecule has 5 nitrogen and oxygen atoms in total. The third kappa shape index (κ3) is 3.18. The van der Waals surface area contributed by atoms with E-state index in [-0.39, 0.29) is 0 Å². The molecule has 0 aliphatic rings. The second-order valence-corrected chi connectivity index (χ2v) is 4.62. The van der Waals surface area contributed by atoms with Crippen LogP contribution < -0.4 is 15.4 Å². The Morgan fingerprint density at radius 2 is 1.68 bits per heavy atom. The van der Waals surface area contributed by atoms with Gasteiger partial charge in [-0.2, -0.15) is 0 Å². The number of nitrogens with two attached hydrogens (primary N) is 1. The first kappa shape index (κ1) is 15.8. The van der Waals surface area contributed by atoms with E-state index in [1.807, 2.05) is 38.2 Å². The summed E-state index contributed by atoms with van der Waals surface area (Å²) in [5.41, 5.74) is 6.49. The number of benzene rings is 1. The molecule has 1 aromatic rings. The first-order valence-electron chi connectivity index (χ1n) is 6.17. The van der Waals surface area contributed by atoms with Gasteiger partial charge in [0.2, 0.25) is 0 Å². The number of ether oxygens (including phenoxy) is 3. The molecule has 108 valence electrons. The van der Waals surface area contributed by atoms with Crippen LogP contribution in [-0.2, 0) is 9.47 Å². The smallest absolute Gasteiger partial charge is 0.180 e. The fraction of sp³-hybridized carbons (Fsp3) is 0.571. The number of hydrogen-bond acceptors (Lipinski definition) is 5. The summed E-state index contributed by atoms with van der Waals surface area (Å²) in [6.45, 7) is 2.41. The van der Waals surface area contributed by atoms with Crippen molar-refractivity contribution >= 4 is 5.69 Å². The van der Waals surface area contributed by atoms with E-state index in [1.54, 1.807) is 21.3 Å². The van der Waals surface area contributed by atoms with Gasteiger partial charge in [-0.1, -0.05) is 0 Å². The lowest BCUT2D eigenvalue weighted by molar-refractivity contribution is -0.140. The summed E-state index contributed by atoms with van der Waals surface area (Å²) in [5, 5.41) is 0. The maximum Gasteiger partial charge on any atom is 0.180 e. The highest BCUT2D eigenvalue weighted by Crippen LogP contribution is 2.28. The lowest BCUT2D eigenvalue weighted by atomic mass is 9.98. The molecule has 0 fully saturated rings. The van der Waals surface area contributed by atoms with Crippen LogP contribution in [0.1, 0.15) is 6.92 Å². The molecule has 1 unspecified atom stereocenters. The third-order valence-electron chi connectivity index (χ3n) is 3.58. The Kier molecular flexibility index (Phi) is 5.60. The Morgan fingerprint density at radius 1 is 1.16 bits per heavy atom. The van der Waals surface area contributed by atoms with Gasteiger partial charge >= 0.3 is 0 Å². The van der Waals surface area contributed by atoms with Crippen molar-refractivity contribution in [3.63, 3.8) is 0 Å². The van der Waals surface area contributed by atoms with Crippen LogP contribution in [-0.4, -0.2) is 46.8 Å². The van der Waals surface area contributed by atoms with Crippen molar-refractivity contribution < 1.29 is 14.2 Å². The SMILES string of the molecule is COc1ccc(N(C)C(C)(CN)C(OC)OC)cc1. The van der Waals surface area contributed by atoms with Crippen LogP contribution in [0.5, 0.6) is 5.75 Å².